The lowest BCUT2D eigenvalue weighted by Gasteiger charge is -2.36. The highest BCUT2D eigenvalue weighted by molar-refractivity contribution is 14.0. The molecule has 1 N–H and O–H groups in total. The summed E-state index contributed by atoms with van der Waals surface area (Å²) in [6.45, 7) is 14.2. The number of pyridine rings is 1. The standard InChI is InChI=1S/C21H35N5O.HI/c1-5-22-21(25-10-8-16(2)9-11-25)24-13-19-6-7-20(23-12-19)26-14-17(3)27-18(4)15-26;/h6-7,12,16-18H,5,8-11,13-15H2,1-4H3,(H,22,24);1H. The molecule has 28 heavy (non-hydrogen) atoms. The number of rotatable bonds is 4. The summed E-state index contributed by atoms with van der Waals surface area (Å²) in [5.74, 6) is 2.89. The van der Waals surface area contributed by atoms with Gasteiger partial charge < -0.3 is 19.9 Å². The SMILES string of the molecule is CCNC(=NCc1ccc(N2CC(C)OC(C)C2)nc1)N1CCC(C)CC1.I. The van der Waals surface area contributed by atoms with Crippen LogP contribution in [0.2, 0.25) is 0 Å². The van der Waals surface area contributed by atoms with Crippen molar-refractivity contribution in [2.75, 3.05) is 37.6 Å². The molecule has 7 heteroatoms. The van der Waals surface area contributed by atoms with Gasteiger partial charge in [-0.2, -0.15) is 0 Å². The van der Waals surface area contributed by atoms with E-state index in [1.54, 1.807) is 0 Å². The van der Waals surface area contributed by atoms with Crippen molar-refractivity contribution in [2.24, 2.45) is 10.9 Å². The number of aliphatic imine (C=N–C) groups is 1. The Hall–Kier alpha value is -1.09. The van der Waals surface area contributed by atoms with Gasteiger partial charge in [-0.15, -0.1) is 24.0 Å². The molecule has 2 fully saturated rings. The van der Waals surface area contributed by atoms with Crippen LogP contribution in [0.15, 0.2) is 23.3 Å². The van der Waals surface area contributed by atoms with Gasteiger partial charge in [0.1, 0.15) is 5.82 Å². The smallest absolute Gasteiger partial charge is 0.194 e. The van der Waals surface area contributed by atoms with Crippen molar-refractivity contribution in [2.45, 2.75) is 59.3 Å². The number of guanidine groups is 1. The van der Waals surface area contributed by atoms with Crippen LogP contribution >= 0.6 is 24.0 Å². The molecule has 158 valence electrons. The summed E-state index contributed by atoms with van der Waals surface area (Å²) in [4.78, 5) is 14.2. The number of hydrogen-bond acceptors (Lipinski definition) is 4. The fourth-order valence-electron chi connectivity index (χ4n) is 3.87. The Morgan fingerprint density at radius 1 is 1.18 bits per heavy atom. The third-order valence-corrected chi connectivity index (χ3v) is 5.38. The highest BCUT2D eigenvalue weighted by Gasteiger charge is 2.23. The minimum absolute atomic E-state index is 0. The Kier molecular flexibility index (Phi) is 9.27. The normalized spacial score (nSPS) is 24.1. The summed E-state index contributed by atoms with van der Waals surface area (Å²) in [6, 6.07) is 4.27. The van der Waals surface area contributed by atoms with Crippen LogP contribution in [0.3, 0.4) is 0 Å². The van der Waals surface area contributed by atoms with Gasteiger partial charge in [-0.1, -0.05) is 13.0 Å². The molecule has 0 bridgehead atoms. The van der Waals surface area contributed by atoms with E-state index in [1.807, 2.05) is 6.20 Å². The van der Waals surface area contributed by atoms with Crippen LogP contribution in [-0.2, 0) is 11.3 Å². The fourth-order valence-corrected chi connectivity index (χ4v) is 3.87. The molecular weight excluding hydrogens is 465 g/mol. The van der Waals surface area contributed by atoms with Crippen LogP contribution in [0.25, 0.3) is 0 Å². The van der Waals surface area contributed by atoms with E-state index in [2.05, 4.69) is 59.9 Å². The molecule has 0 amide bonds. The highest BCUT2D eigenvalue weighted by Crippen LogP contribution is 2.19. The second kappa shape index (κ2) is 11.2. The predicted octanol–water partition coefficient (Wildman–Crippen LogP) is 3.51. The Balaban J connectivity index is 0.00000280. The number of morpholine rings is 1. The average Bonchev–Trinajstić information content (AvgIpc) is 2.65. The molecular formula is C21H36IN5O. The topological polar surface area (TPSA) is 53.0 Å². The summed E-state index contributed by atoms with van der Waals surface area (Å²) in [7, 11) is 0. The zero-order valence-electron chi connectivity index (χ0n) is 17.7. The van der Waals surface area contributed by atoms with E-state index >= 15 is 0 Å². The van der Waals surface area contributed by atoms with Crippen molar-refractivity contribution in [1.82, 2.24) is 15.2 Å². The van der Waals surface area contributed by atoms with Crippen LogP contribution in [0.5, 0.6) is 0 Å². The zero-order chi connectivity index (χ0) is 19.2. The average molecular weight is 501 g/mol. The maximum atomic E-state index is 5.81. The number of halogens is 1. The predicted molar refractivity (Wildman–Crippen MR) is 127 cm³/mol. The van der Waals surface area contributed by atoms with Crippen LogP contribution in [-0.4, -0.2) is 60.8 Å². The Morgan fingerprint density at radius 2 is 1.86 bits per heavy atom. The highest BCUT2D eigenvalue weighted by atomic mass is 127. The third-order valence-electron chi connectivity index (χ3n) is 5.38. The molecule has 0 radical (unpaired) electrons. The number of ether oxygens (including phenoxy) is 1. The Bertz CT molecular complexity index is 606. The van der Waals surface area contributed by atoms with E-state index in [4.69, 9.17) is 9.73 Å². The molecule has 0 aromatic carbocycles. The van der Waals surface area contributed by atoms with Gasteiger partial charge in [0, 0.05) is 38.9 Å². The first-order valence-electron chi connectivity index (χ1n) is 10.4. The van der Waals surface area contributed by atoms with Gasteiger partial charge in [-0.25, -0.2) is 9.98 Å². The molecule has 3 heterocycles. The van der Waals surface area contributed by atoms with Crippen molar-refractivity contribution in [3.05, 3.63) is 23.9 Å². The van der Waals surface area contributed by atoms with Gasteiger partial charge in [0.25, 0.3) is 0 Å². The van der Waals surface area contributed by atoms with Gasteiger partial charge in [-0.05, 0) is 51.2 Å². The molecule has 0 aliphatic carbocycles. The first-order chi connectivity index (χ1) is 13.0. The number of anilines is 1. The van der Waals surface area contributed by atoms with E-state index in [-0.39, 0.29) is 36.2 Å². The molecule has 0 spiro atoms. The van der Waals surface area contributed by atoms with E-state index in [9.17, 15) is 0 Å². The third kappa shape index (κ3) is 6.47. The molecule has 2 aliphatic rings. The first-order valence-corrected chi connectivity index (χ1v) is 10.4. The quantitative estimate of drug-likeness (QED) is 0.389. The van der Waals surface area contributed by atoms with Crippen molar-refractivity contribution in [3.8, 4) is 0 Å². The maximum Gasteiger partial charge on any atom is 0.194 e. The number of hydrogen-bond donors (Lipinski definition) is 1. The van der Waals surface area contributed by atoms with Crippen LogP contribution in [0.4, 0.5) is 5.82 Å². The second-order valence-electron chi connectivity index (χ2n) is 8.03. The maximum absolute atomic E-state index is 5.81. The molecule has 2 saturated heterocycles. The summed E-state index contributed by atoms with van der Waals surface area (Å²) in [5, 5.41) is 3.44. The fraction of sp³-hybridized carbons (Fsp3) is 0.714. The molecule has 2 aliphatic heterocycles. The van der Waals surface area contributed by atoms with E-state index < -0.39 is 0 Å². The number of nitrogens with one attached hydrogen (secondary N) is 1. The van der Waals surface area contributed by atoms with Crippen LogP contribution < -0.4 is 10.2 Å². The minimum Gasteiger partial charge on any atom is -0.372 e. The largest absolute Gasteiger partial charge is 0.372 e. The number of aromatic nitrogens is 1. The number of piperidine rings is 1. The van der Waals surface area contributed by atoms with Gasteiger partial charge in [-0.3, -0.25) is 0 Å². The van der Waals surface area contributed by atoms with Crippen molar-refractivity contribution in [3.63, 3.8) is 0 Å². The van der Waals surface area contributed by atoms with Gasteiger partial charge in [0.2, 0.25) is 0 Å². The van der Waals surface area contributed by atoms with Gasteiger partial charge in [0.15, 0.2) is 5.96 Å². The molecule has 0 saturated carbocycles. The summed E-state index contributed by atoms with van der Waals surface area (Å²) in [6.07, 6.45) is 4.95. The molecule has 1 aromatic rings. The number of likely N-dealkylation sites (tertiary alicyclic amines) is 1. The first kappa shape index (κ1) is 23.2. The lowest BCUT2D eigenvalue weighted by Crippen LogP contribution is -2.45. The second-order valence-corrected chi connectivity index (χ2v) is 8.03. The molecule has 2 atom stereocenters. The van der Waals surface area contributed by atoms with E-state index in [1.165, 1.54) is 12.8 Å². The molecule has 1 aromatic heterocycles. The lowest BCUT2D eigenvalue weighted by atomic mass is 10.00. The van der Waals surface area contributed by atoms with E-state index in [0.717, 1.165) is 56.0 Å². The van der Waals surface area contributed by atoms with Crippen molar-refractivity contribution < 1.29 is 4.74 Å². The summed E-state index contributed by atoms with van der Waals surface area (Å²) >= 11 is 0. The van der Waals surface area contributed by atoms with E-state index in [0.29, 0.717) is 6.54 Å². The molecule has 2 unspecified atom stereocenters. The monoisotopic (exact) mass is 501 g/mol. The van der Waals surface area contributed by atoms with Crippen LogP contribution in [0, 0.1) is 5.92 Å². The van der Waals surface area contributed by atoms with Crippen LogP contribution in [0.1, 0.15) is 46.1 Å². The summed E-state index contributed by atoms with van der Waals surface area (Å²) < 4.78 is 5.81. The van der Waals surface area contributed by atoms with Gasteiger partial charge in [0.05, 0.1) is 18.8 Å². The van der Waals surface area contributed by atoms with Crippen molar-refractivity contribution in [1.29, 1.82) is 0 Å². The van der Waals surface area contributed by atoms with Gasteiger partial charge >= 0.3 is 0 Å². The number of nitrogens with zero attached hydrogens (tertiary/aromatic N) is 4. The summed E-state index contributed by atoms with van der Waals surface area (Å²) in [5.41, 5.74) is 1.15. The molecule has 3 rings (SSSR count). The lowest BCUT2D eigenvalue weighted by molar-refractivity contribution is -0.00545. The molecule has 6 nitrogen and oxygen atoms in total. The Labute approximate surface area is 187 Å². The Morgan fingerprint density at radius 3 is 2.43 bits per heavy atom. The zero-order valence-corrected chi connectivity index (χ0v) is 20.1. The van der Waals surface area contributed by atoms with Crippen molar-refractivity contribution >= 4 is 35.8 Å². The minimum atomic E-state index is 0.